The van der Waals surface area contributed by atoms with Gasteiger partial charge in [-0.3, -0.25) is 4.79 Å². The molecule has 0 saturated carbocycles. The van der Waals surface area contributed by atoms with Crippen molar-refractivity contribution in [3.63, 3.8) is 0 Å². The first-order valence-electron chi connectivity index (χ1n) is 6.26. The van der Waals surface area contributed by atoms with E-state index in [9.17, 15) is 4.79 Å². The van der Waals surface area contributed by atoms with Crippen LogP contribution < -0.4 is 5.32 Å². The molecule has 17 heavy (non-hydrogen) atoms. The van der Waals surface area contributed by atoms with Crippen molar-refractivity contribution in [3.05, 3.63) is 35.9 Å². The molecule has 0 aliphatic heterocycles. The fourth-order valence-electron chi connectivity index (χ4n) is 1.94. The maximum atomic E-state index is 12.1. The lowest BCUT2D eigenvalue weighted by atomic mass is 9.76. The van der Waals surface area contributed by atoms with Gasteiger partial charge in [0.25, 0.3) is 0 Å². The molecule has 0 fully saturated rings. The Labute approximate surface area is 104 Å². The molecule has 94 valence electrons. The Bertz CT molecular complexity index is 351. The van der Waals surface area contributed by atoms with E-state index in [1.54, 1.807) is 0 Å². The molecule has 0 aromatic heterocycles. The summed E-state index contributed by atoms with van der Waals surface area (Å²) in [6, 6.07) is 10.2. The van der Waals surface area contributed by atoms with Crippen molar-refractivity contribution in [2.45, 2.75) is 34.1 Å². The van der Waals surface area contributed by atoms with Crippen LogP contribution in [0.25, 0.3) is 0 Å². The Morgan fingerprint density at radius 2 is 1.82 bits per heavy atom. The summed E-state index contributed by atoms with van der Waals surface area (Å²) >= 11 is 0. The maximum absolute atomic E-state index is 12.1. The number of benzene rings is 1. The smallest absolute Gasteiger partial charge is 0.223 e. The van der Waals surface area contributed by atoms with Crippen molar-refractivity contribution in [1.82, 2.24) is 5.32 Å². The number of carbonyl (C=O) groups excluding carboxylic acids is 1. The molecule has 0 radical (unpaired) electrons. The highest BCUT2D eigenvalue weighted by molar-refractivity contribution is 5.79. The topological polar surface area (TPSA) is 29.1 Å². The zero-order chi connectivity index (χ0) is 12.9. The maximum Gasteiger partial charge on any atom is 0.223 e. The van der Waals surface area contributed by atoms with Crippen LogP contribution in [0.15, 0.2) is 30.3 Å². The van der Waals surface area contributed by atoms with Crippen molar-refractivity contribution in [1.29, 1.82) is 0 Å². The van der Waals surface area contributed by atoms with Gasteiger partial charge in [0.05, 0.1) is 0 Å². The van der Waals surface area contributed by atoms with Gasteiger partial charge >= 0.3 is 0 Å². The third kappa shape index (κ3) is 4.22. The Kier molecular flexibility index (Phi) is 4.73. The fraction of sp³-hybridized carbons (Fsp3) is 0.533. The Morgan fingerprint density at radius 1 is 1.24 bits per heavy atom. The van der Waals surface area contributed by atoms with E-state index in [4.69, 9.17) is 0 Å². The van der Waals surface area contributed by atoms with Gasteiger partial charge < -0.3 is 5.32 Å². The Balaban J connectivity index is 2.82. The molecule has 0 saturated heterocycles. The summed E-state index contributed by atoms with van der Waals surface area (Å²) in [4.78, 5) is 12.1. The SMILES string of the molecule is CCNC(=O)C(Cc1ccccc1)C(C)(C)C. The molecule has 2 heteroatoms. The summed E-state index contributed by atoms with van der Waals surface area (Å²) in [5, 5.41) is 2.93. The summed E-state index contributed by atoms with van der Waals surface area (Å²) in [5.41, 5.74) is 1.20. The van der Waals surface area contributed by atoms with Crippen LogP contribution in [0, 0.1) is 11.3 Å². The van der Waals surface area contributed by atoms with Gasteiger partial charge in [-0.1, -0.05) is 51.1 Å². The number of hydrogen-bond donors (Lipinski definition) is 1. The number of carbonyl (C=O) groups is 1. The van der Waals surface area contributed by atoms with Crippen LogP contribution in [-0.4, -0.2) is 12.5 Å². The van der Waals surface area contributed by atoms with Gasteiger partial charge in [-0.2, -0.15) is 0 Å². The van der Waals surface area contributed by atoms with Crippen molar-refractivity contribution in [2.75, 3.05) is 6.54 Å². The summed E-state index contributed by atoms with van der Waals surface area (Å²) < 4.78 is 0. The van der Waals surface area contributed by atoms with Crippen LogP contribution >= 0.6 is 0 Å². The van der Waals surface area contributed by atoms with Gasteiger partial charge in [-0.15, -0.1) is 0 Å². The Morgan fingerprint density at radius 3 is 2.29 bits per heavy atom. The van der Waals surface area contributed by atoms with Gasteiger partial charge in [0.2, 0.25) is 5.91 Å². The van der Waals surface area contributed by atoms with Crippen molar-refractivity contribution < 1.29 is 4.79 Å². The normalized spacial score (nSPS) is 13.2. The van der Waals surface area contributed by atoms with E-state index < -0.39 is 0 Å². The van der Waals surface area contributed by atoms with E-state index >= 15 is 0 Å². The summed E-state index contributed by atoms with van der Waals surface area (Å²) in [7, 11) is 0. The second-order valence-corrected chi connectivity index (χ2v) is 5.50. The summed E-state index contributed by atoms with van der Waals surface area (Å²) in [5.74, 6) is 0.175. The van der Waals surface area contributed by atoms with Gasteiger partial charge in [0, 0.05) is 12.5 Å². The van der Waals surface area contributed by atoms with Crippen molar-refractivity contribution in [2.24, 2.45) is 11.3 Å². The molecule has 1 unspecified atom stereocenters. The minimum Gasteiger partial charge on any atom is -0.356 e. The predicted molar refractivity (Wildman–Crippen MR) is 71.8 cm³/mol. The number of amides is 1. The van der Waals surface area contributed by atoms with Crippen LogP contribution in [0.3, 0.4) is 0 Å². The first-order chi connectivity index (χ1) is 7.95. The lowest BCUT2D eigenvalue weighted by Crippen LogP contribution is -2.39. The van der Waals surface area contributed by atoms with Crippen LogP contribution in [0.2, 0.25) is 0 Å². The van der Waals surface area contributed by atoms with E-state index in [1.165, 1.54) is 5.56 Å². The molecule has 0 heterocycles. The molecule has 2 nitrogen and oxygen atoms in total. The third-order valence-electron chi connectivity index (χ3n) is 3.00. The molecule has 0 bridgehead atoms. The molecule has 1 aromatic rings. The average molecular weight is 233 g/mol. The first-order valence-corrected chi connectivity index (χ1v) is 6.26. The zero-order valence-corrected chi connectivity index (χ0v) is 11.3. The van der Waals surface area contributed by atoms with Gasteiger partial charge in [0.15, 0.2) is 0 Å². The molecule has 1 rings (SSSR count). The number of nitrogens with one attached hydrogen (secondary N) is 1. The van der Waals surface area contributed by atoms with Gasteiger partial charge in [0.1, 0.15) is 0 Å². The van der Waals surface area contributed by atoms with E-state index in [2.05, 4.69) is 38.2 Å². The molecule has 1 aromatic carbocycles. The largest absolute Gasteiger partial charge is 0.356 e. The highest BCUT2D eigenvalue weighted by Crippen LogP contribution is 2.29. The molecular formula is C15H23NO. The van der Waals surface area contributed by atoms with E-state index in [-0.39, 0.29) is 17.2 Å². The lowest BCUT2D eigenvalue weighted by molar-refractivity contribution is -0.128. The van der Waals surface area contributed by atoms with E-state index in [0.29, 0.717) is 6.54 Å². The molecule has 0 spiro atoms. The minimum absolute atomic E-state index is 0.0184. The second kappa shape index (κ2) is 5.85. The summed E-state index contributed by atoms with van der Waals surface area (Å²) in [6.45, 7) is 9.02. The fourth-order valence-corrected chi connectivity index (χ4v) is 1.94. The third-order valence-corrected chi connectivity index (χ3v) is 3.00. The van der Waals surface area contributed by atoms with Crippen molar-refractivity contribution in [3.8, 4) is 0 Å². The highest BCUT2D eigenvalue weighted by atomic mass is 16.1. The van der Waals surface area contributed by atoms with E-state index in [1.807, 2.05) is 25.1 Å². The van der Waals surface area contributed by atoms with Crippen LogP contribution in [0.1, 0.15) is 33.3 Å². The predicted octanol–water partition coefficient (Wildman–Crippen LogP) is 3.03. The van der Waals surface area contributed by atoms with Gasteiger partial charge in [-0.05, 0) is 24.3 Å². The lowest BCUT2D eigenvalue weighted by Gasteiger charge is -2.29. The number of hydrogen-bond acceptors (Lipinski definition) is 1. The van der Waals surface area contributed by atoms with E-state index in [0.717, 1.165) is 6.42 Å². The molecule has 0 aliphatic rings. The highest BCUT2D eigenvalue weighted by Gasteiger charge is 2.30. The average Bonchev–Trinajstić information content (AvgIpc) is 2.26. The molecule has 1 N–H and O–H groups in total. The monoisotopic (exact) mass is 233 g/mol. The van der Waals surface area contributed by atoms with Crippen LogP contribution in [0.5, 0.6) is 0 Å². The van der Waals surface area contributed by atoms with Crippen LogP contribution in [-0.2, 0) is 11.2 Å². The molecular weight excluding hydrogens is 210 g/mol. The second-order valence-electron chi connectivity index (χ2n) is 5.50. The molecule has 1 amide bonds. The Hall–Kier alpha value is -1.31. The number of rotatable bonds is 4. The standard InChI is InChI=1S/C15H23NO/c1-5-16-14(17)13(15(2,3)4)11-12-9-7-6-8-10-12/h6-10,13H,5,11H2,1-4H3,(H,16,17). The summed E-state index contributed by atoms with van der Waals surface area (Å²) in [6.07, 6.45) is 0.802. The molecule has 0 aliphatic carbocycles. The zero-order valence-electron chi connectivity index (χ0n) is 11.3. The van der Waals surface area contributed by atoms with Crippen LogP contribution in [0.4, 0.5) is 0 Å². The quantitative estimate of drug-likeness (QED) is 0.851. The van der Waals surface area contributed by atoms with Gasteiger partial charge in [-0.25, -0.2) is 0 Å². The first kappa shape index (κ1) is 13.8. The van der Waals surface area contributed by atoms with Crippen molar-refractivity contribution >= 4 is 5.91 Å². The molecule has 1 atom stereocenters. The minimum atomic E-state index is -0.0188.